The van der Waals surface area contributed by atoms with Gasteiger partial charge in [-0.25, -0.2) is 0 Å². The molecule has 0 bridgehead atoms. The van der Waals surface area contributed by atoms with Crippen molar-refractivity contribution >= 4 is 5.91 Å². The molecular weight excluding hydrogens is 220 g/mol. The number of ether oxygens (including phenoxy) is 2. The number of hydrogen-bond donors (Lipinski definition) is 1. The van der Waals surface area contributed by atoms with Crippen molar-refractivity contribution in [2.75, 3.05) is 27.8 Å². The van der Waals surface area contributed by atoms with Gasteiger partial charge in [0.1, 0.15) is 0 Å². The predicted octanol–water partition coefficient (Wildman–Crippen LogP) is 0.621. The summed E-state index contributed by atoms with van der Waals surface area (Å²) in [5.41, 5.74) is 6.19. The van der Waals surface area contributed by atoms with E-state index in [0.717, 1.165) is 5.56 Å². The first kappa shape index (κ1) is 13.3. The molecule has 0 saturated heterocycles. The minimum Gasteiger partial charge on any atom is -0.493 e. The molecular formula is C12H18N2O3. The SMILES string of the molecule is COc1cccc(CN(C)C(=O)CN)c1OC. The summed E-state index contributed by atoms with van der Waals surface area (Å²) in [5, 5.41) is 0. The Morgan fingerprint density at radius 1 is 1.35 bits per heavy atom. The fraction of sp³-hybridized carbons (Fsp3) is 0.417. The van der Waals surface area contributed by atoms with Gasteiger partial charge in [-0.05, 0) is 6.07 Å². The summed E-state index contributed by atoms with van der Waals surface area (Å²) in [7, 11) is 4.86. The molecule has 0 radical (unpaired) electrons. The second kappa shape index (κ2) is 6.10. The van der Waals surface area contributed by atoms with Gasteiger partial charge in [-0.3, -0.25) is 4.79 Å². The largest absolute Gasteiger partial charge is 0.493 e. The standard InChI is InChI=1S/C12H18N2O3/c1-14(11(15)7-13)8-9-5-4-6-10(16-2)12(9)17-3/h4-6H,7-8,13H2,1-3H3. The van der Waals surface area contributed by atoms with Gasteiger partial charge in [0.05, 0.1) is 20.8 Å². The van der Waals surface area contributed by atoms with E-state index in [1.165, 1.54) is 0 Å². The van der Waals surface area contributed by atoms with Crippen LogP contribution in [0.15, 0.2) is 18.2 Å². The van der Waals surface area contributed by atoms with Crippen LogP contribution in [0.1, 0.15) is 5.56 Å². The molecule has 94 valence electrons. The molecule has 0 saturated carbocycles. The zero-order valence-corrected chi connectivity index (χ0v) is 10.4. The molecule has 1 amide bonds. The van der Waals surface area contributed by atoms with Crippen LogP contribution in [0.2, 0.25) is 0 Å². The zero-order chi connectivity index (χ0) is 12.8. The summed E-state index contributed by atoms with van der Waals surface area (Å²) in [4.78, 5) is 13.0. The van der Waals surface area contributed by atoms with E-state index < -0.39 is 0 Å². The number of amides is 1. The second-order valence-electron chi connectivity index (χ2n) is 3.61. The van der Waals surface area contributed by atoms with Crippen molar-refractivity contribution in [3.8, 4) is 11.5 Å². The van der Waals surface area contributed by atoms with Crippen LogP contribution in [0.25, 0.3) is 0 Å². The monoisotopic (exact) mass is 238 g/mol. The van der Waals surface area contributed by atoms with E-state index in [4.69, 9.17) is 15.2 Å². The number of methoxy groups -OCH3 is 2. The summed E-state index contributed by atoms with van der Waals surface area (Å²) in [6.07, 6.45) is 0. The number of hydrogen-bond acceptors (Lipinski definition) is 4. The molecule has 0 fully saturated rings. The van der Waals surface area contributed by atoms with Crippen molar-refractivity contribution in [3.63, 3.8) is 0 Å². The van der Waals surface area contributed by atoms with E-state index in [1.807, 2.05) is 18.2 Å². The van der Waals surface area contributed by atoms with E-state index in [-0.39, 0.29) is 12.5 Å². The van der Waals surface area contributed by atoms with Crippen LogP contribution in [0.4, 0.5) is 0 Å². The number of likely N-dealkylation sites (N-methyl/N-ethyl adjacent to an activating group) is 1. The number of nitrogens with two attached hydrogens (primary N) is 1. The highest BCUT2D eigenvalue weighted by Gasteiger charge is 2.13. The van der Waals surface area contributed by atoms with Crippen LogP contribution in [-0.2, 0) is 11.3 Å². The molecule has 0 aliphatic heterocycles. The number of benzene rings is 1. The van der Waals surface area contributed by atoms with Crippen LogP contribution < -0.4 is 15.2 Å². The van der Waals surface area contributed by atoms with Gasteiger partial charge in [-0.1, -0.05) is 12.1 Å². The van der Waals surface area contributed by atoms with Gasteiger partial charge in [0, 0.05) is 19.2 Å². The van der Waals surface area contributed by atoms with E-state index in [9.17, 15) is 4.79 Å². The molecule has 5 heteroatoms. The van der Waals surface area contributed by atoms with E-state index in [2.05, 4.69) is 0 Å². The van der Waals surface area contributed by atoms with Crippen LogP contribution in [-0.4, -0.2) is 38.6 Å². The van der Waals surface area contributed by atoms with Gasteiger partial charge in [0.15, 0.2) is 11.5 Å². The van der Waals surface area contributed by atoms with Crippen molar-refractivity contribution < 1.29 is 14.3 Å². The number of carbonyl (C=O) groups is 1. The first-order valence-electron chi connectivity index (χ1n) is 5.28. The molecule has 0 aliphatic carbocycles. The Bertz CT molecular complexity index is 393. The highest BCUT2D eigenvalue weighted by atomic mass is 16.5. The Labute approximate surface area is 101 Å². The molecule has 0 heterocycles. The summed E-state index contributed by atoms with van der Waals surface area (Å²) in [6, 6.07) is 5.56. The number of rotatable bonds is 5. The van der Waals surface area contributed by atoms with Crippen molar-refractivity contribution in [2.24, 2.45) is 5.73 Å². The van der Waals surface area contributed by atoms with Gasteiger partial charge in [0.25, 0.3) is 0 Å². The van der Waals surface area contributed by atoms with Gasteiger partial charge in [-0.15, -0.1) is 0 Å². The summed E-state index contributed by atoms with van der Waals surface area (Å²) >= 11 is 0. The molecule has 0 spiro atoms. The minimum absolute atomic E-state index is 0.00276. The lowest BCUT2D eigenvalue weighted by Gasteiger charge is -2.19. The fourth-order valence-corrected chi connectivity index (χ4v) is 1.58. The average molecular weight is 238 g/mol. The van der Waals surface area contributed by atoms with Crippen molar-refractivity contribution in [3.05, 3.63) is 23.8 Å². The molecule has 0 unspecified atom stereocenters. The maximum absolute atomic E-state index is 11.4. The Morgan fingerprint density at radius 2 is 2.06 bits per heavy atom. The summed E-state index contributed by atoms with van der Waals surface area (Å²) < 4.78 is 10.5. The third-order valence-electron chi connectivity index (χ3n) is 2.49. The maximum atomic E-state index is 11.4. The molecule has 1 aromatic rings. The smallest absolute Gasteiger partial charge is 0.236 e. The number of nitrogens with zero attached hydrogens (tertiary/aromatic N) is 1. The van der Waals surface area contributed by atoms with Crippen LogP contribution >= 0.6 is 0 Å². The number of para-hydroxylation sites is 1. The molecule has 0 aliphatic rings. The lowest BCUT2D eigenvalue weighted by Crippen LogP contribution is -2.32. The lowest BCUT2D eigenvalue weighted by molar-refractivity contribution is -0.128. The zero-order valence-electron chi connectivity index (χ0n) is 10.4. The molecule has 0 aromatic heterocycles. The molecule has 0 atom stereocenters. The first-order valence-corrected chi connectivity index (χ1v) is 5.28. The first-order chi connectivity index (χ1) is 8.13. The number of carbonyl (C=O) groups excluding carboxylic acids is 1. The highest BCUT2D eigenvalue weighted by Crippen LogP contribution is 2.31. The van der Waals surface area contributed by atoms with Crippen molar-refractivity contribution in [1.82, 2.24) is 4.90 Å². The highest BCUT2D eigenvalue weighted by molar-refractivity contribution is 5.77. The summed E-state index contributed by atoms with van der Waals surface area (Å²) in [5.74, 6) is 1.18. The molecule has 5 nitrogen and oxygen atoms in total. The molecule has 2 N–H and O–H groups in total. The summed E-state index contributed by atoms with van der Waals surface area (Å²) in [6.45, 7) is 0.444. The van der Waals surface area contributed by atoms with Crippen LogP contribution in [0, 0.1) is 0 Å². The third-order valence-corrected chi connectivity index (χ3v) is 2.49. The Hall–Kier alpha value is -1.75. The van der Waals surface area contributed by atoms with Gasteiger partial charge in [-0.2, -0.15) is 0 Å². The maximum Gasteiger partial charge on any atom is 0.236 e. The Kier molecular flexibility index (Phi) is 4.78. The van der Waals surface area contributed by atoms with Gasteiger partial charge < -0.3 is 20.1 Å². The lowest BCUT2D eigenvalue weighted by atomic mass is 10.1. The average Bonchev–Trinajstić information content (AvgIpc) is 2.37. The Morgan fingerprint density at radius 3 is 2.59 bits per heavy atom. The molecule has 1 aromatic carbocycles. The predicted molar refractivity (Wildman–Crippen MR) is 65.1 cm³/mol. The molecule has 1 rings (SSSR count). The van der Waals surface area contributed by atoms with E-state index in [0.29, 0.717) is 18.0 Å². The molecule has 17 heavy (non-hydrogen) atoms. The minimum atomic E-state index is -0.116. The van der Waals surface area contributed by atoms with Crippen LogP contribution in [0.5, 0.6) is 11.5 Å². The second-order valence-corrected chi connectivity index (χ2v) is 3.61. The normalized spacial score (nSPS) is 9.88. The van der Waals surface area contributed by atoms with E-state index in [1.54, 1.807) is 26.2 Å². The quantitative estimate of drug-likeness (QED) is 0.816. The fourth-order valence-electron chi connectivity index (χ4n) is 1.58. The van der Waals surface area contributed by atoms with Gasteiger partial charge in [0.2, 0.25) is 5.91 Å². The van der Waals surface area contributed by atoms with Crippen LogP contribution in [0.3, 0.4) is 0 Å². The van der Waals surface area contributed by atoms with Gasteiger partial charge >= 0.3 is 0 Å². The Balaban J connectivity index is 2.94. The van der Waals surface area contributed by atoms with Crippen molar-refractivity contribution in [1.29, 1.82) is 0 Å². The third kappa shape index (κ3) is 3.10. The van der Waals surface area contributed by atoms with Crippen molar-refractivity contribution in [2.45, 2.75) is 6.54 Å². The topological polar surface area (TPSA) is 64.8 Å². The van der Waals surface area contributed by atoms with E-state index >= 15 is 0 Å².